The van der Waals surface area contributed by atoms with Gasteiger partial charge in [0.2, 0.25) is 70.9 Å². The molecule has 3 aliphatic heterocycles. The number of hydrogen-bond donors (Lipinski definition) is 3. The molecule has 12 amide bonds. The molecule has 6 fully saturated rings. The van der Waals surface area contributed by atoms with Crippen molar-refractivity contribution in [2.45, 2.75) is 216 Å². The molecule has 0 aromatic heterocycles. The van der Waals surface area contributed by atoms with Gasteiger partial charge in [0.25, 0.3) is 0 Å². The normalized spacial score (nSPS) is 27.0. The lowest BCUT2D eigenvalue weighted by atomic mass is 9.81. The number of nitrogens with zero attached hydrogens (tertiary/aromatic N) is 9. The number of fused-ring (bicyclic) bond motifs is 1. The van der Waals surface area contributed by atoms with Crippen molar-refractivity contribution in [3.05, 3.63) is 34.3 Å². The van der Waals surface area contributed by atoms with E-state index in [9.17, 15) is 51.5 Å². The predicted molar refractivity (Wildman–Crippen MR) is 361 cm³/mol. The van der Waals surface area contributed by atoms with E-state index in [1.807, 2.05) is 6.92 Å². The number of carbonyl (C=O) groups excluding carboxylic acids is 12. The van der Waals surface area contributed by atoms with Gasteiger partial charge < -0.3 is 64.8 Å². The van der Waals surface area contributed by atoms with Crippen molar-refractivity contribution in [1.82, 2.24) is 60.0 Å². The van der Waals surface area contributed by atoms with E-state index < -0.39 is 173 Å². The number of rotatable bonds is 10. The van der Waals surface area contributed by atoms with Crippen LogP contribution in [0.1, 0.15) is 167 Å². The number of likely N-dealkylation sites (N-methyl/N-ethyl adjacent to an activating group) is 7. The Kier molecular flexibility index (Phi) is 28.4. The smallest absolute Gasteiger partial charge is 0.378 e. The van der Waals surface area contributed by atoms with Crippen LogP contribution in [0.15, 0.2) is 18.2 Å². The molecule has 6 aliphatic rings. The Bertz CT molecular complexity index is 3080. The second-order valence-electron chi connectivity index (χ2n) is 28.5. The van der Waals surface area contributed by atoms with E-state index in [1.54, 1.807) is 13.8 Å². The minimum Gasteiger partial charge on any atom is -0.378 e. The lowest BCUT2D eigenvalue weighted by molar-refractivity contribution is -0.158. The Labute approximate surface area is 585 Å². The summed E-state index contributed by atoms with van der Waals surface area (Å²) in [7, 11) is 9.89. The largest absolute Gasteiger partial charge is 0.417 e. The molecule has 3 saturated carbocycles. The third kappa shape index (κ3) is 19.7. The van der Waals surface area contributed by atoms with E-state index in [0.29, 0.717) is 44.1 Å². The van der Waals surface area contributed by atoms with Crippen molar-refractivity contribution in [1.29, 1.82) is 0 Å². The minimum atomic E-state index is -4.76. The van der Waals surface area contributed by atoms with Crippen molar-refractivity contribution >= 4 is 82.5 Å². The highest BCUT2D eigenvalue weighted by atomic mass is 35.5. The van der Waals surface area contributed by atoms with Gasteiger partial charge in [-0.05, 0) is 99.7 Å². The van der Waals surface area contributed by atoms with Gasteiger partial charge in [-0.15, -0.1) is 0 Å². The summed E-state index contributed by atoms with van der Waals surface area (Å²) in [4.78, 5) is 189. The monoisotopic (exact) mass is 1410 g/mol. The van der Waals surface area contributed by atoms with E-state index in [4.69, 9.17) is 16.3 Å². The van der Waals surface area contributed by atoms with Crippen LogP contribution in [-0.2, 0) is 74.9 Å². The van der Waals surface area contributed by atoms with E-state index in [0.717, 1.165) is 78.2 Å². The van der Waals surface area contributed by atoms with Crippen LogP contribution in [0.2, 0.25) is 5.02 Å². The van der Waals surface area contributed by atoms with E-state index >= 15 is 19.2 Å². The van der Waals surface area contributed by atoms with Crippen molar-refractivity contribution < 1.29 is 75.4 Å². The number of carbonyl (C=O) groups is 12. The molecule has 29 heteroatoms. The van der Waals surface area contributed by atoms with Crippen molar-refractivity contribution in [2.75, 3.05) is 102 Å². The third-order valence-electron chi connectivity index (χ3n) is 21.7. The number of alkyl halides is 3. The zero-order valence-corrected chi connectivity index (χ0v) is 60.3. The summed E-state index contributed by atoms with van der Waals surface area (Å²) in [6, 6.07) is -5.62. The molecule has 552 valence electrons. The molecular weight excluding hydrogens is 1310 g/mol. The van der Waals surface area contributed by atoms with Gasteiger partial charge in [-0.3, -0.25) is 57.5 Å². The predicted octanol–water partition coefficient (Wildman–Crippen LogP) is 4.63. The van der Waals surface area contributed by atoms with E-state index in [2.05, 4.69) is 16.0 Å². The summed E-state index contributed by atoms with van der Waals surface area (Å²) < 4.78 is 47.2. The first-order valence-corrected chi connectivity index (χ1v) is 36.0. The number of halogens is 4. The van der Waals surface area contributed by atoms with Gasteiger partial charge in [-0.1, -0.05) is 109 Å². The van der Waals surface area contributed by atoms with Crippen LogP contribution in [0.3, 0.4) is 0 Å². The fourth-order valence-electron chi connectivity index (χ4n) is 15.3. The van der Waals surface area contributed by atoms with Crippen LogP contribution >= 0.6 is 11.6 Å². The van der Waals surface area contributed by atoms with Crippen molar-refractivity contribution in [3.8, 4) is 0 Å². The quantitative estimate of drug-likeness (QED) is 0.289. The molecule has 1 spiro atoms. The molecule has 0 unspecified atom stereocenters. The highest BCUT2D eigenvalue weighted by molar-refractivity contribution is 6.31. The molecular formula is C70H106ClF3N12O13. The fourth-order valence-corrected chi connectivity index (χ4v) is 15.6. The van der Waals surface area contributed by atoms with Crippen LogP contribution in [0.25, 0.3) is 0 Å². The number of aryl methyl sites for hydroxylation is 1. The first kappa shape index (κ1) is 79.2. The molecule has 25 nitrogen and oxygen atoms in total. The Hall–Kier alpha value is -7.10. The maximum Gasteiger partial charge on any atom is 0.417 e. The maximum absolute atomic E-state index is 15.7. The van der Waals surface area contributed by atoms with Gasteiger partial charge in [0, 0.05) is 69.0 Å². The van der Waals surface area contributed by atoms with Crippen LogP contribution in [-0.4, -0.2) is 265 Å². The molecule has 0 radical (unpaired) electrons. The van der Waals surface area contributed by atoms with Crippen molar-refractivity contribution in [2.24, 2.45) is 17.8 Å². The number of amides is 12. The van der Waals surface area contributed by atoms with Crippen LogP contribution in [0.4, 0.5) is 13.2 Å². The van der Waals surface area contributed by atoms with Gasteiger partial charge in [0.1, 0.15) is 47.8 Å². The Morgan fingerprint density at radius 1 is 0.646 bits per heavy atom. The molecule has 7 rings (SSSR count). The van der Waals surface area contributed by atoms with E-state index in [-0.39, 0.29) is 83.7 Å². The lowest BCUT2D eigenvalue weighted by Gasteiger charge is -2.43. The van der Waals surface area contributed by atoms with Crippen LogP contribution in [0, 0.1) is 17.8 Å². The fraction of sp³-hybridized carbons (Fsp3) is 0.743. The molecule has 0 bridgehead atoms. The van der Waals surface area contributed by atoms with Gasteiger partial charge in [-0.25, -0.2) is 0 Å². The first-order valence-electron chi connectivity index (χ1n) is 35.6. The molecule has 1 aromatic rings. The SMILES string of the molecule is CC[C@H](C)[C@@H]1NC(=O)[C@H](CC)N(C)C(=O)C[C@@H](C(=O)N2CCOCC2)N(C)C(=O)[C@H](C2CCCCC2)N(C)C(=O)C2(CCCC2)NC(=O)[C@@H]2CCCN2C(=O)[C@H](CCc2ccc(C(F)(F)F)c(Cl)c2)NC(=O)CN(C)C(=O)[C@H](CC2CCCCC2)N(C)C(=O)CN(C)C(=O)CN(C)C1=O. The molecule has 3 N–H and O–H groups in total. The zero-order chi connectivity index (χ0) is 72.8. The minimum absolute atomic E-state index is 0.0182. The molecule has 8 atom stereocenters. The van der Waals surface area contributed by atoms with Crippen LogP contribution in [0.5, 0.6) is 0 Å². The molecule has 1 aromatic carbocycles. The number of morpholine rings is 1. The molecule has 3 aliphatic carbocycles. The zero-order valence-electron chi connectivity index (χ0n) is 59.6. The summed E-state index contributed by atoms with van der Waals surface area (Å²) >= 11 is 6.15. The number of hydrogen-bond acceptors (Lipinski definition) is 13. The van der Waals surface area contributed by atoms with Crippen molar-refractivity contribution in [3.63, 3.8) is 0 Å². The lowest BCUT2D eigenvalue weighted by Crippen LogP contribution is -2.65. The van der Waals surface area contributed by atoms with Gasteiger partial charge >= 0.3 is 6.18 Å². The summed E-state index contributed by atoms with van der Waals surface area (Å²) in [6.45, 7) is 4.29. The van der Waals surface area contributed by atoms with Gasteiger partial charge in [-0.2, -0.15) is 13.2 Å². The number of nitrogens with one attached hydrogen (secondary N) is 3. The second-order valence-corrected chi connectivity index (χ2v) is 28.9. The third-order valence-corrected chi connectivity index (χ3v) is 22.0. The molecule has 99 heavy (non-hydrogen) atoms. The molecule has 3 heterocycles. The Morgan fingerprint density at radius 2 is 1.25 bits per heavy atom. The number of benzene rings is 1. The summed E-state index contributed by atoms with van der Waals surface area (Å²) in [5.41, 5.74) is -2.35. The highest BCUT2D eigenvalue weighted by Crippen LogP contribution is 2.38. The average molecular weight is 1420 g/mol. The van der Waals surface area contributed by atoms with Gasteiger partial charge in [0.15, 0.2) is 0 Å². The average Bonchev–Trinajstić information content (AvgIpc) is 1.50. The summed E-state index contributed by atoms with van der Waals surface area (Å²) in [5.74, 6) is -8.78. The first-order chi connectivity index (χ1) is 46.8. The Balaban J connectivity index is 1.28. The number of ether oxygens (including phenoxy) is 1. The highest BCUT2D eigenvalue weighted by Gasteiger charge is 2.51. The Morgan fingerprint density at radius 3 is 1.86 bits per heavy atom. The molecule has 3 saturated heterocycles. The topological polar surface area (TPSA) is 279 Å². The standard InChI is InChI=1S/C70H106ClF3N12O13/c1-11-44(3)59-66(96)80(6)42-57(89)78(4)43-58(90)82(8)53(39-45-22-15-13-16-23-45)64(94)79(5)41-55(87)75-50(30-28-46-27-29-48(49(71)38-46)70(72,73)74)63(93)86-33-21-26-52(86)62(92)77-69(31-19-20-32-69)68(98)84(10)60(47-24-17-14-18-25-47)67(97)83(9)54(65(95)85-34-36-99-37-35-85)40-56(88)81(7)51(12-2)61(91)76-59/h27,29,38,44-45,47,50-54,59-60H,11-26,28,30-37,39-43H2,1-10H3,(H,75,87)(H,76,91)(H,77,92)/t44-,50-,51-,52-,53-,54-,59-,60-/m0/s1. The van der Waals surface area contributed by atoms with E-state index in [1.165, 1.54) is 84.8 Å². The second kappa shape index (κ2) is 35.5. The van der Waals surface area contributed by atoms with Crippen LogP contribution < -0.4 is 16.0 Å². The summed E-state index contributed by atoms with van der Waals surface area (Å²) in [5, 5.41) is 8.10. The maximum atomic E-state index is 15.7. The van der Waals surface area contributed by atoms with Gasteiger partial charge in [0.05, 0.1) is 49.9 Å². The summed E-state index contributed by atoms with van der Waals surface area (Å²) in [6.07, 6.45) is 4.61.